The zero-order valence-corrected chi connectivity index (χ0v) is 7.76. The van der Waals surface area contributed by atoms with E-state index in [4.69, 9.17) is 5.73 Å². The van der Waals surface area contributed by atoms with Crippen LogP contribution in [0.5, 0.6) is 0 Å². The first-order valence-corrected chi connectivity index (χ1v) is 4.27. The van der Waals surface area contributed by atoms with Crippen LogP contribution in [0.15, 0.2) is 18.2 Å². The van der Waals surface area contributed by atoms with Gasteiger partial charge >= 0.3 is 0 Å². The van der Waals surface area contributed by atoms with Crippen LogP contribution in [0.4, 0.5) is 14.5 Å². The molecular weight excluding hydrogens is 188 g/mol. The van der Waals surface area contributed by atoms with Crippen molar-refractivity contribution in [3.8, 4) is 0 Å². The van der Waals surface area contributed by atoms with Gasteiger partial charge in [0.15, 0.2) is 5.78 Å². The van der Waals surface area contributed by atoms with Gasteiger partial charge in [-0.2, -0.15) is 0 Å². The number of Topliss-reactive ketones (excluding diaryl/α,β-unsaturated/α-hetero) is 1. The summed E-state index contributed by atoms with van der Waals surface area (Å²) in [4.78, 5) is 11.3. The van der Waals surface area contributed by atoms with E-state index >= 15 is 0 Å². The molecule has 0 aliphatic rings. The third kappa shape index (κ3) is 2.07. The molecule has 0 spiro atoms. The van der Waals surface area contributed by atoms with Crippen LogP contribution in [-0.2, 0) is 0 Å². The highest BCUT2D eigenvalue weighted by Crippen LogP contribution is 2.25. The van der Waals surface area contributed by atoms with E-state index in [2.05, 4.69) is 0 Å². The minimum Gasteiger partial charge on any atom is -0.399 e. The third-order valence-electron chi connectivity index (χ3n) is 1.93. The van der Waals surface area contributed by atoms with E-state index in [9.17, 15) is 13.6 Å². The van der Waals surface area contributed by atoms with Gasteiger partial charge in [0, 0.05) is 23.2 Å². The molecule has 1 aromatic carbocycles. The van der Waals surface area contributed by atoms with Gasteiger partial charge in [0.25, 0.3) is 6.43 Å². The molecule has 0 radical (unpaired) electrons. The van der Waals surface area contributed by atoms with E-state index < -0.39 is 6.43 Å². The lowest BCUT2D eigenvalue weighted by Crippen LogP contribution is -2.03. The summed E-state index contributed by atoms with van der Waals surface area (Å²) < 4.78 is 25.0. The number of hydrogen-bond donors (Lipinski definition) is 1. The van der Waals surface area contributed by atoms with Gasteiger partial charge in [-0.1, -0.05) is 6.92 Å². The summed E-state index contributed by atoms with van der Waals surface area (Å²) in [6.45, 7) is 1.63. The van der Waals surface area contributed by atoms with Crippen molar-refractivity contribution in [3.05, 3.63) is 29.3 Å². The van der Waals surface area contributed by atoms with Crippen LogP contribution in [0, 0.1) is 0 Å². The van der Waals surface area contributed by atoms with E-state index in [0.29, 0.717) is 0 Å². The van der Waals surface area contributed by atoms with Crippen molar-refractivity contribution in [3.63, 3.8) is 0 Å². The van der Waals surface area contributed by atoms with Gasteiger partial charge in [0.05, 0.1) is 0 Å². The number of carbonyl (C=O) groups is 1. The Hall–Kier alpha value is -1.45. The van der Waals surface area contributed by atoms with E-state index in [1.807, 2.05) is 0 Å². The standard InChI is InChI=1S/C10H11F2NO/c1-2-9(14)7-4-3-6(13)5-8(7)10(11)12/h3-5,10H,2,13H2,1H3. The Balaban J connectivity index is 3.21. The minimum atomic E-state index is -2.66. The number of carbonyl (C=O) groups excluding carboxylic acids is 1. The second kappa shape index (κ2) is 4.17. The SMILES string of the molecule is CCC(=O)c1ccc(N)cc1C(F)F. The lowest BCUT2D eigenvalue weighted by molar-refractivity contribution is 0.0974. The van der Waals surface area contributed by atoms with Gasteiger partial charge in [-0.05, 0) is 18.2 Å². The molecule has 0 saturated heterocycles. The Bertz CT molecular complexity index is 350. The number of nitrogens with two attached hydrogens (primary N) is 1. The molecule has 0 fully saturated rings. The first-order chi connectivity index (χ1) is 6.56. The molecule has 76 valence electrons. The number of hydrogen-bond acceptors (Lipinski definition) is 2. The number of ketones is 1. The Morgan fingerprint density at radius 2 is 2.14 bits per heavy atom. The number of anilines is 1. The number of benzene rings is 1. The van der Waals surface area contributed by atoms with Crippen LogP contribution in [-0.4, -0.2) is 5.78 Å². The summed E-state index contributed by atoms with van der Waals surface area (Å²) in [5.74, 6) is -0.291. The molecule has 0 aliphatic carbocycles. The highest BCUT2D eigenvalue weighted by molar-refractivity contribution is 5.97. The molecule has 14 heavy (non-hydrogen) atoms. The molecule has 0 saturated carbocycles. The quantitative estimate of drug-likeness (QED) is 0.600. The van der Waals surface area contributed by atoms with Crippen molar-refractivity contribution in [2.45, 2.75) is 19.8 Å². The Morgan fingerprint density at radius 3 is 2.64 bits per heavy atom. The monoisotopic (exact) mass is 199 g/mol. The summed E-state index contributed by atoms with van der Waals surface area (Å²) in [6.07, 6.45) is -2.45. The molecule has 0 unspecified atom stereocenters. The summed E-state index contributed by atoms with van der Waals surface area (Å²) in [6, 6.07) is 3.95. The van der Waals surface area contributed by atoms with E-state index in [1.54, 1.807) is 6.92 Å². The lowest BCUT2D eigenvalue weighted by atomic mass is 10.0. The highest BCUT2D eigenvalue weighted by atomic mass is 19.3. The van der Waals surface area contributed by atoms with Crippen molar-refractivity contribution >= 4 is 11.5 Å². The second-order valence-corrected chi connectivity index (χ2v) is 2.92. The van der Waals surface area contributed by atoms with Gasteiger partial charge in [-0.3, -0.25) is 4.79 Å². The third-order valence-corrected chi connectivity index (χ3v) is 1.93. The van der Waals surface area contributed by atoms with Crippen molar-refractivity contribution in [1.82, 2.24) is 0 Å². The van der Waals surface area contributed by atoms with Crippen molar-refractivity contribution < 1.29 is 13.6 Å². The highest BCUT2D eigenvalue weighted by Gasteiger charge is 2.17. The van der Waals surface area contributed by atoms with Crippen molar-refractivity contribution in [2.75, 3.05) is 5.73 Å². The molecule has 1 aromatic rings. The Labute approximate surface area is 80.7 Å². The molecule has 2 N–H and O–H groups in total. The zero-order chi connectivity index (χ0) is 10.7. The van der Waals surface area contributed by atoms with Gasteiger partial charge in [-0.15, -0.1) is 0 Å². The number of nitrogen functional groups attached to an aromatic ring is 1. The van der Waals surface area contributed by atoms with Gasteiger partial charge in [-0.25, -0.2) is 8.78 Å². The van der Waals surface area contributed by atoms with Crippen LogP contribution in [0.3, 0.4) is 0 Å². The molecule has 0 amide bonds. The van der Waals surface area contributed by atoms with Crippen LogP contribution in [0.25, 0.3) is 0 Å². The maximum atomic E-state index is 12.5. The van der Waals surface area contributed by atoms with E-state index in [-0.39, 0.29) is 29.0 Å². The minimum absolute atomic E-state index is 0.0664. The molecule has 1 rings (SSSR count). The largest absolute Gasteiger partial charge is 0.399 e. The predicted octanol–water partition coefficient (Wildman–Crippen LogP) is 2.80. The van der Waals surface area contributed by atoms with E-state index in [1.165, 1.54) is 12.1 Å². The van der Waals surface area contributed by atoms with Crippen molar-refractivity contribution in [1.29, 1.82) is 0 Å². The first kappa shape index (κ1) is 10.6. The van der Waals surface area contributed by atoms with Crippen LogP contribution in [0.1, 0.15) is 35.7 Å². The van der Waals surface area contributed by atoms with E-state index in [0.717, 1.165) is 6.07 Å². The average Bonchev–Trinajstić information content (AvgIpc) is 2.16. The molecule has 0 heterocycles. The number of alkyl halides is 2. The fourth-order valence-corrected chi connectivity index (χ4v) is 1.21. The second-order valence-electron chi connectivity index (χ2n) is 2.92. The van der Waals surface area contributed by atoms with Crippen LogP contribution in [0.2, 0.25) is 0 Å². The molecule has 0 bridgehead atoms. The lowest BCUT2D eigenvalue weighted by Gasteiger charge is -2.07. The van der Waals surface area contributed by atoms with Gasteiger partial charge < -0.3 is 5.73 Å². The summed E-state index contributed by atoms with van der Waals surface area (Å²) in [5, 5.41) is 0. The fraction of sp³-hybridized carbons (Fsp3) is 0.300. The van der Waals surface area contributed by atoms with Crippen molar-refractivity contribution in [2.24, 2.45) is 0 Å². The van der Waals surface area contributed by atoms with Gasteiger partial charge in [0.2, 0.25) is 0 Å². The Kier molecular flexibility index (Phi) is 3.17. The van der Waals surface area contributed by atoms with Crippen LogP contribution >= 0.6 is 0 Å². The Morgan fingerprint density at radius 1 is 1.50 bits per heavy atom. The molecule has 0 aliphatic heterocycles. The smallest absolute Gasteiger partial charge is 0.264 e. The molecule has 0 aromatic heterocycles. The summed E-state index contributed by atoms with van der Waals surface area (Å²) in [5.41, 5.74) is 5.39. The zero-order valence-electron chi connectivity index (χ0n) is 7.76. The summed E-state index contributed by atoms with van der Waals surface area (Å²) in [7, 11) is 0. The number of rotatable bonds is 3. The molecular formula is C10H11F2NO. The maximum Gasteiger partial charge on any atom is 0.264 e. The normalized spacial score (nSPS) is 10.6. The van der Waals surface area contributed by atoms with Gasteiger partial charge in [0.1, 0.15) is 0 Å². The molecule has 0 atom stereocenters. The molecule has 2 nitrogen and oxygen atoms in total. The van der Waals surface area contributed by atoms with Crippen LogP contribution < -0.4 is 5.73 Å². The molecule has 4 heteroatoms. The topological polar surface area (TPSA) is 43.1 Å². The average molecular weight is 199 g/mol. The first-order valence-electron chi connectivity index (χ1n) is 4.27. The predicted molar refractivity (Wildman–Crippen MR) is 50.4 cm³/mol. The maximum absolute atomic E-state index is 12.5. The fourth-order valence-electron chi connectivity index (χ4n) is 1.21. The number of halogens is 2. The summed E-state index contributed by atoms with van der Waals surface area (Å²) >= 11 is 0.